The number of hydrogen-bond donors (Lipinski definition) is 1. The maximum absolute atomic E-state index is 6.14. The molecule has 1 aromatic carbocycles. The number of halogens is 1. The monoisotopic (exact) mass is 253 g/mol. The van der Waals surface area contributed by atoms with Crippen LogP contribution in [0.5, 0.6) is 0 Å². The van der Waals surface area contributed by atoms with Crippen molar-refractivity contribution in [3.63, 3.8) is 0 Å². The first-order valence-corrected chi connectivity index (χ1v) is 7.12. The summed E-state index contributed by atoms with van der Waals surface area (Å²) in [5, 5.41) is 4.47. The average molecular weight is 254 g/mol. The number of benzene rings is 1. The highest BCUT2D eigenvalue weighted by atomic mass is 35.5. The molecule has 0 aliphatic carbocycles. The molecule has 0 aliphatic heterocycles. The van der Waals surface area contributed by atoms with E-state index in [4.69, 9.17) is 11.6 Å². The molecule has 0 fully saturated rings. The van der Waals surface area contributed by atoms with Crippen LogP contribution in [0.4, 0.5) is 0 Å². The van der Waals surface area contributed by atoms with E-state index >= 15 is 0 Å². The first kappa shape index (κ1) is 14.5. The summed E-state index contributed by atoms with van der Waals surface area (Å²) in [4.78, 5) is 0. The molecule has 0 saturated carbocycles. The van der Waals surface area contributed by atoms with Gasteiger partial charge in [0.25, 0.3) is 0 Å². The molecule has 1 N–H and O–H groups in total. The topological polar surface area (TPSA) is 12.0 Å². The minimum atomic E-state index is 0.623. The maximum Gasteiger partial charge on any atom is 0.0450 e. The molecule has 0 amide bonds. The van der Waals surface area contributed by atoms with Crippen molar-refractivity contribution in [3.8, 4) is 0 Å². The number of rotatable bonds is 8. The van der Waals surface area contributed by atoms with E-state index in [1.165, 1.54) is 37.7 Å². The lowest BCUT2D eigenvalue weighted by Gasteiger charge is -2.17. The number of nitrogens with one attached hydrogen (secondary N) is 1. The van der Waals surface area contributed by atoms with Crippen molar-refractivity contribution >= 4 is 11.6 Å². The van der Waals surface area contributed by atoms with Gasteiger partial charge in [-0.1, -0.05) is 62.9 Å². The van der Waals surface area contributed by atoms with Crippen LogP contribution in [0.15, 0.2) is 24.3 Å². The molecule has 0 spiro atoms. The Morgan fingerprint density at radius 3 is 2.59 bits per heavy atom. The van der Waals surface area contributed by atoms with Crippen molar-refractivity contribution in [2.75, 3.05) is 0 Å². The van der Waals surface area contributed by atoms with Crippen molar-refractivity contribution in [3.05, 3.63) is 34.9 Å². The van der Waals surface area contributed by atoms with Gasteiger partial charge in [0.05, 0.1) is 0 Å². The summed E-state index contributed by atoms with van der Waals surface area (Å²) in [6.45, 7) is 5.37. The van der Waals surface area contributed by atoms with E-state index < -0.39 is 0 Å². The molecule has 17 heavy (non-hydrogen) atoms. The summed E-state index contributed by atoms with van der Waals surface area (Å²) < 4.78 is 0. The van der Waals surface area contributed by atoms with Crippen LogP contribution in [-0.4, -0.2) is 6.04 Å². The molecule has 2 heteroatoms. The third-order valence-corrected chi connectivity index (χ3v) is 3.56. The second kappa shape index (κ2) is 8.54. The first-order chi connectivity index (χ1) is 8.27. The molecular weight excluding hydrogens is 230 g/mol. The zero-order valence-corrected chi connectivity index (χ0v) is 11.8. The zero-order chi connectivity index (χ0) is 12.5. The van der Waals surface area contributed by atoms with Crippen molar-refractivity contribution in [1.82, 2.24) is 5.32 Å². The van der Waals surface area contributed by atoms with Gasteiger partial charge in [0.15, 0.2) is 0 Å². The van der Waals surface area contributed by atoms with Crippen molar-refractivity contribution in [2.24, 2.45) is 0 Å². The number of unbranched alkanes of at least 4 members (excludes halogenated alkanes) is 2. The Bertz CT molecular complexity index is 312. The molecule has 0 aromatic heterocycles. The molecule has 0 saturated heterocycles. The van der Waals surface area contributed by atoms with E-state index in [0.717, 1.165) is 11.6 Å². The molecule has 0 bridgehead atoms. The van der Waals surface area contributed by atoms with E-state index in [1.807, 2.05) is 18.2 Å². The summed E-state index contributed by atoms with van der Waals surface area (Å²) in [7, 11) is 0. The van der Waals surface area contributed by atoms with Gasteiger partial charge in [-0.2, -0.15) is 0 Å². The highest BCUT2D eigenvalue weighted by molar-refractivity contribution is 6.31. The molecule has 1 atom stereocenters. The van der Waals surface area contributed by atoms with Crippen LogP contribution in [-0.2, 0) is 6.54 Å². The van der Waals surface area contributed by atoms with Crippen molar-refractivity contribution in [1.29, 1.82) is 0 Å². The normalized spacial score (nSPS) is 12.6. The molecule has 1 aromatic rings. The van der Waals surface area contributed by atoms with Crippen LogP contribution in [0, 0.1) is 0 Å². The fourth-order valence-electron chi connectivity index (χ4n) is 1.99. The molecule has 1 nitrogen and oxygen atoms in total. The van der Waals surface area contributed by atoms with Gasteiger partial charge in [0, 0.05) is 17.6 Å². The van der Waals surface area contributed by atoms with Crippen LogP contribution in [0.25, 0.3) is 0 Å². The van der Waals surface area contributed by atoms with E-state index in [-0.39, 0.29) is 0 Å². The van der Waals surface area contributed by atoms with Crippen LogP contribution < -0.4 is 5.32 Å². The van der Waals surface area contributed by atoms with Gasteiger partial charge >= 0.3 is 0 Å². The molecular formula is C15H24ClN. The minimum absolute atomic E-state index is 0.623. The van der Waals surface area contributed by atoms with Gasteiger partial charge in [-0.3, -0.25) is 0 Å². The minimum Gasteiger partial charge on any atom is -0.310 e. The van der Waals surface area contributed by atoms with Crippen LogP contribution in [0.2, 0.25) is 5.02 Å². The third-order valence-electron chi connectivity index (χ3n) is 3.19. The quantitative estimate of drug-likeness (QED) is 0.657. The molecule has 0 heterocycles. The second-order valence-corrected chi connectivity index (χ2v) is 4.98. The summed E-state index contributed by atoms with van der Waals surface area (Å²) >= 11 is 6.14. The molecule has 0 aliphatic rings. The standard InChI is InChI=1S/C15H24ClN/c1-3-5-6-10-14(4-2)17-12-13-9-7-8-11-15(13)16/h7-9,11,14,17H,3-6,10,12H2,1-2H3. The predicted octanol–water partition coefficient (Wildman–Crippen LogP) is 4.79. The summed E-state index contributed by atoms with van der Waals surface area (Å²) in [6.07, 6.45) is 6.42. The Kier molecular flexibility index (Phi) is 7.30. The zero-order valence-electron chi connectivity index (χ0n) is 11.0. The van der Waals surface area contributed by atoms with Gasteiger partial charge in [-0.25, -0.2) is 0 Å². The van der Waals surface area contributed by atoms with Crippen LogP contribution in [0.3, 0.4) is 0 Å². The van der Waals surface area contributed by atoms with Crippen LogP contribution >= 0.6 is 11.6 Å². The smallest absolute Gasteiger partial charge is 0.0450 e. The van der Waals surface area contributed by atoms with E-state index in [9.17, 15) is 0 Å². The highest BCUT2D eigenvalue weighted by Crippen LogP contribution is 2.15. The maximum atomic E-state index is 6.14. The lowest BCUT2D eigenvalue weighted by atomic mass is 10.1. The number of hydrogen-bond acceptors (Lipinski definition) is 1. The summed E-state index contributed by atoms with van der Waals surface area (Å²) in [5.74, 6) is 0. The van der Waals surface area contributed by atoms with Gasteiger partial charge in [0.1, 0.15) is 0 Å². The second-order valence-electron chi connectivity index (χ2n) is 4.57. The lowest BCUT2D eigenvalue weighted by molar-refractivity contribution is 0.447. The van der Waals surface area contributed by atoms with E-state index in [2.05, 4.69) is 25.2 Å². The molecule has 1 rings (SSSR count). The van der Waals surface area contributed by atoms with Gasteiger partial charge in [-0.05, 0) is 24.5 Å². The van der Waals surface area contributed by atoms with Gasteiger partial charge < -0.3 is 5.32 Å². The average Bonchev–Trinajstić information content (AvgIpc) is 2.35. The third kappa shape index (κ3) is 5.56. The van der Waals surface area contributed by atoms with Gasteiger partial charge in [-0.15, -0.1) is 0 Å². The molecule has 96 valence electrons. The molecule has 0 radical (unpaired) electrons. The van der Waals surface area contributed by atoms with Crippen LogP contribution in [0.1, 0.15) is 51.5 Å². The lowest BCUT2D eigenvalue weighted by Crippen LogP contribution is -2.27. The fourth-order valence-corrected chi connectivity index (χ4v) is 2.19. The Morgan fingerprint density at radius 2 is 1.94 bits per heavy atom. The predicted molar refractivity (Wildman–Crippen MR) is 76.5 cm³/mol. The summed E-state index contributed by atoms with van der Waals surface area (Å²) in [6, 6.07) is 8.69. The first-order valence-electron chi connectivity index (χ1n) is 6.74. The Hall–Kier alpha value is -0.530. The van der Waals surface area contributed by atoms with E-state index in [0.29, 0.717) is 6.04 Å². The molecule has 1 unspecified atom stereocenters. The SMILES string of the molecule is CCCCCC(CC)NCc1ccccc1Cl. The van der Waals surface area contributed by atoms with E-state index in [1.54, 1.807) is 0 Å². The Morgan fingerprint density at radius 1 is 1.18 bits per heavy atom. The summed E-state index contributed by atoms with van der Waals surface area (Å²) in [5.41, 5.74) is 1.20. The van der Waals surface area contributed by atoms with Crippen molar-refractivity contribution in [2.45, 2.75) is 58.5 Å². The van der Waals surface area contributed by atoms with Crippen molar-refractivity contribution < 1.29 is 0 Å². The highest BCUT2D eigenvalue weighted by Gasteiger charge is 2.06. The Balaban J connectivity index is 2.34. The fraction of sp³-hybridized carbons (Fsp3) is 0.600. The Labute approximate surface area is 111 Å². The largest absolute Gasteiger partial charge is 0.310 e. The van der Waals surface area contributed by atoms with Gasteiger partial charge in [0.2, 0.25) is 0 Å².